The minimum atomic E-state index is -0.159. The van der Waals surface area contributed by atoms with Crippen LogP contribution in [0.25, 0.3) is 0 Å². The number of nitrogens with zero attached hydrogens (tertiary/aromatic N) is 2. The summed E-state index contributed by atoms with van der Waals surface area (Å²) in [6.07, 6.45) is 0.518. The van der Waals surface area contributed by atoms with E-state index in [1.165, 1.54) is 5.56 Å². The van der Waals surface area contributed by atoms with Crippen LogP contribution in [-0.4, -0.2) is 40.1 Å². The Kier molecular flexibility index (Phi) is 5.11. The smallest absolute Gasteiger partial charge is 0.221 e. The Morgan fingerprint density at radius 3 is 2.47 bits per heavy atom. The number of carbonyl (C=O) groups excluding carboxylic acids is 1. The van der Waals surface area contributed by atoms with E-state index in [9.17, 15) is 4.79 Å². The molecule has 1 aromatic rings. The SMILES string of the molecule is Cc1n[nH]c(C)c1CN(C)CCC(=O)NC(C)(C)C. The largest absolute Gasteiger partial charge is 0.351 e. The first-order valence-electron chi connectivity index (χ1n) is 6.69. The lowest BCUT2D eigenvalue weighted by Gasteiger charge is -2.22. The second-order valence-electron chi connectivity index (χ2n) is 6.20. The minimum Gasteiger partial charge on any atom is -0.351 e. The maximum atomic E-state index is 11.7. The predicted molar refractivity (Wildman–Crippen MR) is 76.9 cm³/mol. The lowest BCUT2D eigenvalue weighted by molar-refractivity contribution is -0.122. The number of aromatic nitrogens is 2. The van der Waals surface area contributed by atoms with Gasteiger partial charge in [-0.3, -0.25) is 9.89 Å². The van der Waals surface area contributed by atoms with Gasteiger partial charge >= 0.3 is 0 Å². The van der Waals surface area contributed by atoms with Gasteiger partial charge in [0.2, 0.25) is 5.91 Å². The first kappa shape index (κ1) is 15.7. The fraction of sp³-hybridized carbons (Fsp3) is 0.714. The molecular formula is C14H26N4O. The molecule has 0 saturated carbocycles. The Hall–Kier alpha value is -1.36. The lowest BCUT2D eigenvalue weighted by Crippen LogP contribution is -2.41. The van der Waals surface area contributed by atoms with Gasteiger partial charge in [-0.05, 0) is 41.7 Å². The number of rotatable bonds is 5. The van der Waals surface area contributed by atoms with E-state index >= 15 is 0 Å². The third-order valence-corrected chi connectivity index (χ3v) is 2.94. The molecule has 5 nitrogen and oxygen atoms in total. The molecule has 0 spiro atoms. The van der Waals surface area contributed by atoms with Crippen molar-refractivity contribution in [3.8, 4) is 0 Å². The molecule has 0 atom stereocenters. The molecule has 0 fully saturated rings. The minimum absolute atomic E-state index is 0.0972. The summed E-state index contributed by atoms with van der Waals surface area (Å²) in [4.78, 5) is 13.9. The number of hydrogen-bond donors (Lipinski definition) is 2. The zero-order valence-electron chi connectivity index (χ0n) is 12.9. The van der Waals surface area contributed by atoms with Gasteiger partial charge < -0.3 is 10.2 Å². The van der Waals surface area contributed by atoms with E-state index in [-0.39, 0.29) is 11.4 Å². The molecule has 0 unspecified atom stereocenters. The third kappa shape index (κ3) is 5.42. The second kappa shape index (κ2) is 6.19. The van der Waals surface area contributed by atoms with Crippen molar-refractivity contribution < 1.29 is 4.79 Å². The van der Waals surface area contributed by atoms with Crippen molar-refractivity contribution >= 4 is 5.91 Å². The highest BCUT2D eigenvalue weighted by Gasteiger charge is 2.15. The molecule has 0 radical (unpaired) electrons. The Labute approximate surface area is 115 Å². The number of hydrogen-bond acceptors (Lipinski definition) is 3. The molecule has 0 aliphatic carbocycles. The van der Waals surface area contributed by atoms with Crippen LogP contribution in [0.15, 0.2) is 0 Å². The van der Waals surface area contributed by atoms with Crippen molar-refractivity contribution in [3.05, 3.63) is 17.0 Å². The average Bonchev–Trinajstić information content (AvgIpc) is 2.56. The van der Waals surface area contributed by atoms with Crippen LogP contribution in [0.2, 0.25) is 0 Å². The molecule has 1 heterocycles. The molecule has 0 bridgehead atoms. The van der Waals surface area contributed by atoms with Crippen LogP contribution in [0.1, 0.15) is 44.1 Å². The summed E-state index contributed by atoms with van der Waals surface area (Å²) in [6, 6.07) is 0. The Morgan fingerprint density at radius 2 is 2.00 bits per heavy atom. The van der Waals surface area contributed by atoms with Crippen molar-refractivity contribution in [2.75, 3.05) is 13.6 Å². The molecular weight excluding hydrogens is 240 g/mol. The first-order valence-corrected chi connectivity index (χ1v) is 6.69. The van der Waals surface area contributed by atoms with Crippen LogP contribution in [0, 0.1) is 13.8 Å². The summed E-state index contributed by atoms with van der Waals surface area (Å²) in [5.41, 5.74) is 3.19. The summed E-state index contributed by atoms with van der Waals surface area (Å²) in [5, 5.41) is 10.1. The van der Waals surface area contributed by atoms with Crippen LogP contribution in [-0.2, 0) is 11.3 Å². The molecule has 19 heavy (non-hydrogen) atoms. The van der Waals surface area contributed by atoms with Crippen LogP contribution in [0.4, 0.5) is 0 Å². The molecule has 1 amide bonds. The zero-order chi connectivity index (χ0) is 14.6. The number of nitrogens with one attached hydrogen (secondary N) is 2. The van der Waals surface area contributed by atoms with Crippen molar-refractivity contribution in [3.63, 3.8) is 0 Å². The monoisotopic (exact) mass is 266 g/mol. The predicted octanol–water partition coefficient (Wildman–Crippen LogP) is 1.76. The second-order valence-corrected chi connectivity index (χ2v) is 6.20. The molecule has 0 aromatic carbocycles. The molecule has 5 heteroatoms. The summed E-state index contributed by atoms with van der Waals surface area (Å²) in [6.45, 7) is 11.6. The van der Waals surface area contributed by atoms with Crippen LogP contribution < -0.4 is 5.32 Å². The first-order chi connectivity index (χ1) is 8.69. The van der Waals surface area contributed by atoms with E-state index in [2.05, 4.69) is 20.4 Å². The lowest BCUT2D eigenvalue weighted by atomic mass is 10.1. The van der Waals surface area contributed by atoms with Crippen LogP contribution in [0.3, 0.4) is 0 Å². The number of aromatic amines is 1. The van der Waals surface area contributed by atoms with Crippen molar-refractivity contribution in [1.29, 1.82) is 0 Å². The fourth-order valence-electron chi connectivity index (χ4n) is 1.93. The van der Waals surface area contributed by atoms with Gasteiger partial charge in [0.1, 0.15) is 0 Å². The Bertz CT molecular complexity index is 412. The standard InChI is InChI=1S/C14H26N4O/c1-10-12(11(2)17-16-10)9-18(6)8-7-13(19)15-14(3,4)5/h7-9H2,1-6H3,(H,15,19)(H,16,17). The summed E-state index contributed by atoms with van der Waals surface area (Å²) < 4.78 is 0. The van der Waals surface area contributed by atoms with Crippen LogP contribution >= 0.6 is 0 Å². The highest BCUT2D eigenvalue weighted by atomic mass is 16.1. The number of aryl methyl sites for hydroxylation is 2. The Balaban J connectivity index is 2.40. The third-order valence-electron chi connectivity index (χ3n) is 2.94. The van der Waals surface area contributed by atoms with Crippen molar-refractivity contribution in [2.45, 2.75) is 53.1 Å². The van der Waals surface area contributed by atoms with E-state index in [0.29, 0.717) is 6.42 Å². The zero-order valence-corrected chi connectivity index (χ0v) is 12.9. The van der Waals surface area contributed by atoms with Gasteiger partial charge in [-0.2, -0.15) is 5.10 Å². The number of amides is 1. The van der Waals surface area contributed by atoms with Gasteiger partial charge in [-0.15, -0.1) is 0 Å². The molecule has 1 rings (SSSR count). The van der Waals surface area contributed by atoms with Crippen molar-refractivity contribution in [2.24, 2.45) is 0 Å². The summed E-state index contributed by atoms with van der Waals surface area (Å²) in [5.74, 6) is 0.0972. The highest BCUT2D eigenvalue weighted by Crippen LogP contribution is 2.11. The quantitative estimate of drug-likeness (QED) is 0.853. The molecule has 2 N–H and O–H groups in total. The van der Waals surface area contributed by atoms with E-state index < -0.39 is 0 Å². The van der Waals surface area contributed by atoms with Gasteiger partial charge in [-0.25, -0.2) is 0 Å². The summed E-state index contributed by atoms with van der Waals surface area (Å²) in [7, 11) is 2.02. The van der Waals surface area contributed by atoms with Gasteiger partial charge in [0.15, 0.2) is 0 Å². The topological polar surface area (TPSA) is 61.0 Å². The Morgan fingerprint density at radius 1 is 1.37 bits per heavy atom. The highest BCUT2D eigenvalue weighted by molar-refractivity contribution is 5.76. The van der Waals surface area contributed by atoms with Gasteiger partial charge in [0.25, 0.3) is 0 Å². The normalized spacial score (nSPS) is 11.9. The molecule has 0 aliphatic rings. The summed E-state index contributed by atoms with van der Waals surface area (Å²) >= 11 is 0. The van der Waals surface area contributed by atoms with E-state index in [0.717, 1.165) is 24.5 Å². The van der Waals surface area contributed by atoms with E-state index in [1.54, 1.807) is 0 Å². The van der Waals surface area contributed by atoms with E-state index in [1.807, 2.05) is 41.7 Å². The molecule has 0 saturated heterocycles. The number of carbonyl (C=O) groups is 1. The van der Waals surface area contributed by atoms with Gasteiger partial charge in [0, 0.05) is 36.3 Å². The van der Waals surface area contributed by atoms with Crippen LogP contribution in [0.5, 0.6) is 0 Å². The molecule has 1 aromatic heterocycles. The molecule has 0 aliphatic heterocycles. The molecule has 108 valence electrons. The fourth-order valence-corrected chi connectivity index (χ4v) is 1.93. The average molecular weight is 266 g/mol. The van der Waals surface area contributed by atoms with Crippen molar-refractivity contribution in [1.82, 2.24) is 20.4 Å². The van der Waals surface area contributed by atoms with Gasteiger partial charge in [-0.1, -0.05) is 0 Å². The number of H-pyrrole nitrogens is 1. The van der Waals surface area contributed by atoms with E-state index in [4.69, 9.17) is 0 Å². The maximum absolute atomic E-state index is 11.7. The van der Waals surface area contributed by atoms with Gasteiger partial charge in [0.05, 0.1) is 5.69 Å². The maximum Gasteiger partial charge on any atom is 0.221 e.